The number of nitrogens with zero attached hydrogens (tertiary/aromatic N) is 1. The number of likely N-dealkylation sites (tertiary alicyclic amines) is 1. The summed E-state index contributed by atoms with van der Waals surface area (Å²) in [4.78, 5) is 25.2. The summed E-state index contributed by atoms with van der Waals surface area (Å²) in [5.74, 6) is -1.44. The van der Waals surface area contributed by atoms with E-state index in [2.05, 4.69) is 4.72 Å². The first-order chi connectivity index (χ1) is 11.8. The third kappa shape index (κ3) is 4.77. The fourth-order valence-corrected chi connectivity index (χ4v) is 3.24. The van der Waals surface area contributed by atoms with E-state index in [4.69, 9.17) is 4.74 Å². The minimum absolute atomic E-state index is 0.00419. The fraction of sp³-hybridized carbons (Fsp3) is 0.500. The standard InChI is InChI=1S/C16H22N2O6S/c1-3-25(22,23)17-9-11-4-6-12(7-5-11)15(19)18-10-13(24-2)8-14(18)16(20)21/h4-7,13-14,17H,3,8-10H2,1-2H3,(H,20,21). The van der Waals surface area contributed by atoms with Crippen LogP contribution < -0.4 is 4.72 Å². The quantitative estimate of drug-likeness (QED) is 0.720. The third-order valence-electron chi connectivity index (χ3n) is 4.22. The van der Waals surface area contributed by atoms with Gasteiger partial charge < -0.3 is 14.7 Å². The Morgan fingerprint density at radius 2 is 1.96 bits per heavy atom. The Bertz CT molecular complexity index is 731. The number of benzene rings is 1. The maximum absolute atomic E-state index is 12.6. The molecule has 1 heterocycles. The number of carboxylic acid groups (broad SMARTS) is 1. The van der Waals surface area contributed by atoms with Gasteiger partial charge in [-0.15, -0.1) is 0 Å². The van der Waals surface area contributed by atoms with Gasteiger partial charge in [-0.05, 0) is 24.6 Å². The molecule has 1 aliphatic heterocycles. The predicted octanol–water partition coefficient (Wildman–Crippen LogP) is 0.440. The highest BCUT2D eigenvalue weighted by Gasteiger charge is 2.40. The van der Waals surface area contributed by atoms with Crippen LogP contribution in [0.5, 0.6) is 0 Å². The summed E-state index contributed by atoms with van der Waals surface area (Å²) in [7, 11) is -1.80. The van der Waals surface area contributed by atoms with E-state index >= 15 is 0 Å². The number of nitrogens with one attached hydrogen (secondary N) is 1. The monoisotopic (exact) mass is 370 g/mol. The molecule has 1 aromatic rings. The highest BCUT2D eigenvalue weighted by atomic mass is 32.2. The predicted molar refractivity (Wildman–Crippen MR) is 90.6 cm³/mol. The van der Waals surface area contributed by atoms with Crippen LogP contribution in [0.4, 0.5) is 0 Å². The minimum atomic E-state index is -3.29. The molecule has 2 N–H and O–H groups in total. The van der Waals surface area contributed by atoms with Gasteiger partial charge in [0, 0.05) is 32.2 Å². The molecule has 0 aliphatic carbocycles. The normalized spacial score (nSPS) is 20.6. The number of sulfonamides is 1. The van der Waals surface area contributed by atoms with E-state index in [1.165, 1.54) is 12.0 Å². The lowest BCUT2D eigenvalue weighted by molar-refractivity contribution is -0.141. The van der Waals surface area contributed by atoms with Crippen LogP contribution >= 0.6 is 0 Å². The first-order valence-electron chi connectivity index (χ1n) is 7.90. The van der Waals surface area contributed by atoms with E-state index in [0.717, 1.165) is 0 Å². The van der Waals surface area contributed by atoms with Gasteiger partial charge in [0.15, 0.2) is 0 Å². The summed E-state index contributed by atoms with van der Waals surface area (Å²) in [6.07, 6.45) is -0.0400. The van der Waals surface area contributed by atoms with Crippen molar-refractivity contribution in [3.8, 4) is 0 Å². The third-order valence-corrected chi connectivity index (χ3v) is 5.56. The zero-order valence-electron chi connectivity index (χ0n) is 14.1. The molecule has 8 nitrogen and oxygen atoms in total. The van der Waals surface area contributed by atoms with Gasteiger partial charge in [0.1, 0.15) is 6.04 Å². The van der Waals surface area contributed by atoms with E-state index in [-0.39, 0.29) is 37.3 Å². The summed E-state index contributed by atoms with van der Waals surface area (Å²) in [5.41, 5.74) is 1.06. The van der Waals surface area contributed by atoms with Crippen LogP contribution in [0.15, 0.2) is 24.3 Å². The number of methoxy groups -OCH3 is 1. The van der Waals surface area contributed by atoms with Gasteiger partial charge in [-0.3, -0.25) is 4.79 Å². The smallest absolute Gasteiger partial charge is 0.326 e. The average Bonchev–Trinajstić information content (AvgIpc) is 3.04. The summed E-state index contributed by atoms with van der Waals surface area (Å²) >= 11 is 0. The van der Waals surface area contributed by atoms with Crippen molar-refractivity contribution in [3.63, 3.8) is 0 Å². The number of carboxylic acids is 1. The zero-order chi connectivity index (χ0) is 18.6. The molecule has 1 fully saturated rings. The molecular weight excluding hydrogens is 348 g/mol. The number of amides is 1. The van der Waals surface area contributed by atoms with Crippen LogP contribution in [-0.4, -0.2) is 61.9 Å². The van der Waals surface area contributed by atoms with Gasteiger partial charge in [-0.1, -0.05) is 12.1 Å². The molecule has 1 aromatic carbocycles. The molecule has 1 amide bonds. The first-order valence-corrected chi connectivity index (χ1v) is 9.55. The Labute approximate surface area is 146 Å². The molecule has 0 saturated carbocycles. The van der Waals surface area contributed by atoms with Gasteiger partial charge in [0.25, 0.3) is 5.91 Å². The minimum Gasteiger partial charge on any atom is -0.480 e. The lowest BCUT2D eigenvalue weighted by Crippen LogP contribution is -2.40. The Morgan fingerprint density at radius 1 is 1.32 bits per heavy atom. The molecule has 2 unspecified atom stereocenters. The zero-order valence-corrected chi connectivity index (χ0v) is 15.0. The molecule has 0 aromatic heterocycles. The molecule has 2 atom stereocenters. The molecular formula is C16H22N2O6S. The van der Waals surface area contributed by atoms with Crippen LogP contribution in [-0.2, 0) is 26.1 Å². The molecule has 0 bridgehead atoms. The van der Waals surface area contributed by atoms with Crippen LogP contribution in [0.1, 0.15) is 29.3 Å². The molecule has 0 radical (unpaired) electrons. The highest BCUT2D eigenvalue weighted by Crippen LogP contribution is 2.23. The SMILES string of the molecule is CCS(=O)(=O)NCc1ccc(C(=O)N2CC(OC)CC2C(=O)O)cc1. The van der Waals surface area contributed by atoms with Crippen molar-refractivity contribution >= 4 is 21.9 Å². The van der Waals surface area contributed by atoms with E-state index in [9.17, 15) is 23.1 Å². The maximum Gasteiger partial charge on any atom is 0.326 e. The van der Waals surface area contributed by atoms with Crippen LogP contribution in [0.3, 0.4) is 0 Å². The number of ether oxygens (including phenoxy) is 1. The van der Waals surface area contributed by atoms with Crippen molar-refractivity contribution < 1.29 is 27.9 Å². The highest BCUT2D eigenvalue weighted by molar-refractivity contribution is 7.89. The van der Waals surface area contributed by atoms with Crippen molar-refractivity contribution in [3.05, 3.63) is 35.4 Å². The number of carbonyl (C=O) groups is 2. The summed E-state index contributed by atoms with van der Waals surface area (Å²) in [6, 6.07) is 5.51. The summed E-state index contributed by atoms with van der Waals surface area (Å²) < 4.78 is 30.5. The van der Waals surface area contributed by atoms with E-state index in [0.29, 0.717) is 11.1 Å². The Hall–Kier alpha value is -1.97. The van der Waals surface area contributed by atoms with Crippen molar-refractivity contribution in [2.75, 3.05) is 19.4 Å². The van der Waals surface area contributed by atoms with Gasteiger partial charge in [0.2, 0.25) is 10.0 Å². The summed E-state index contributed by atoms with van der Waals surface area (Å²) in [6.45, 7) is 1.91. The number of aliphatic carboxylic acids is 1. The topological polar surface area (TPSA) is 113 Å². The van der Waals surface area contributed by atoms with Crippen molar-refractivity contribution in [1.82, 2.24) is 9.62 Å². The van der Waals surface area contributed by atoms with Gasteiger partial charge in [-0.25, -0.2) is 17.9 Å². The second-order valence-electron chi connectivity index (χ2n) is 5.83. The molecule has 1 aliphatic rings. The van der Waals surface area contributed by atoms with Gasteiger partial charge >= 0.3 is 5.97 Å². The van der Waals surface area contributed by atoms with Crippen molar-refractivity contribution in [2.45, 2.75) is 32.0 Å². The second kappa shape index (κ2) is 7.94. The van der Waals surface area contributed by atoms with E-state index < -0.39 is 22.0 Å². The van der Waals surface area contributed by atoms with E-state index in [1.807, 2.05) is 0 Å². The second-order valence-corrected chi connectivity index (χ2v) is 7.92. The average molecular weight is 370 g/mol. The lowest BCUT2D eigenvalue weighted by atomic mass is 10.1. The molecule has 1 saturated heterocycles. The number of hydrogen-bond donors (Lipinski definition) is 2. The molecule has 25 heavy (non-hydrogen) atoms. The number of carbonyl (C=O) groups excluding carboxylic acids is 1. The van der Waals surface area contributed by atoms with Crippen molar-refractivity contribution in [2.24, 2.45) is 0 Å². The Morgan fingerprint density at radius 3 is 2.48 bits per heavy atom. The number of rotatable bonds is 7. The first kappa shape index (κ1) is 19.4. The van der Waals surface area contributed by atoms with Crippen molar-refractivity contribution in [1.29, 1.82) is 0 Å². The Kier molecular flexibility index (Phi) is 6.15. The maximum atomic E-state index is 12.6. The fourth-order valence-electron chi connectivity index (χ4n) is 2.65. The molecule has 9 heteroatoms. The van der Waals surface area contributed by atoms with Gasteiger partial charge in [0.05, 0.1) is 11.9 Å². The largest absolute Gasteiger partial charge is 0.480 e. The van der Waals surface area contributed by atoms with E-state index in [1.54, 1.807) is 31.2 Å². The summed E-state index contributed by atoms with van der Waals surface area (Å²) in [5, 5.41) is 9.29. The molecule has 0 spiro atoms. The molecule has 138 valence electrons. The number of hydrogen-bond acceptors (Lipinski definition) is 5. The van der Waals surface area contributed by atoms with Gasteiger partial charge in [-0.2, -0.15) is 0 Å². The lowest BCUT2D eigenvalue weighted by Gasteiger charge is -2.21. The molecule has 2 rings (SSSR count). The Balaban J connectivity index is 2.08. The van der Waals surface area contributed by atoms with Crippen LogP contribution in [0.2, 0.25) is 0 Å². The van der Waals surface area contributed by atoms with Crippen LogP contribution in [0, 0.1) is 0 Å². The van der Waals surface area contributed by atoms with Crippen LogP contribution in [0.25, 0.3) is 0 Å².